The average molecular weight is 244 g/mol. The Morgan fingerprint density at radius 2 is 2.06 bits per heavy atom. The lowest BCUT2D eigenvalue weighted by Crippen LogP contribution is -2.38. The summed E-state index contributed by atoms with van der Waals surface area (Å²) in [5.74, 6) is 0.711. The molecule has 1 unspecified atom stereocenters. The summed E-state index contributed by atoms with van der Waals surface area (Å²) in [7, 11) is 1.68. The predicted octanol–water partition coefficient (Wildman–Crippen LogP) is 2.34. The Morgan fingerprint density at radius 1 is 1.31 bits per heavy atom. The highest BCUT2D eigenvalue weighted by Crippen LogP contribution is 2.23. The van der Waals surface area contributed by atoms with Gasteiger partial charge >= 0.3 is 0 Å². The molecule has 0 fully saturated rings. The number of hydrogen-bond acceptors (Lipinski definition) is 3. The molecule has 0 spiro atoms. The zero-order valence-electron chi connectivity index (χ0n) is 9.70. The van der Waals surface area contributed by atoms with Gasteiger partial charge in [-0.1, -0.05) is 30.7 Å². The van der Waals surface area contributed by atoms with Gasteiger partial charge in [0, 0.05) is 7.11 Å². The molecule has 0 saturated carbocycles. The molecule has 1 atom stereocenters. The monoisotopic (exact) mass is 243 g/mol. The Kier molecular flexibility index (Phi) is 6.23. The van der Waals surface area contributed by atoms with Crippen molar-refractivity contribution in [1.82, 2.24) is 5.32 Å². The zero-order chi connectivity index (χ0) is 11.8. The second-order valence-corrected chi connectivity index (χ2v) is 3.86. The highest BCUT2D eigenvalue weighted by atomic mass is 35.5. The van der Waals surface area contributed by atoms with Crippen molar-refractivity contribution in [2.45, 2.75) is 13.0 Å². The summed E-state index contributed by atoms with van der Waals surface area (Å²) in [6.07, 6.45) is 0. The number of ether oxygens (including phenoxy) is 2. The van der Waals surface area contributed by atoms with E-state index < -0.39 is 0 Å². The maximum atomic E-state index is 5.99. The van der Waals surface area contributed by atoms with Crippen LogP contribution in [0.5, 0.6) is 5.75 Å². The molecule has 0 aliphatic carbocycles. The van der Waals surface area contributed by atoms with Gasteiger partial charge in [-0.25, -0.2) is 0 Å². The first-order chi connectivity index (χ1) is 7.77. The topological polar surface area (TPSA) is 30.5 Å². The molecule has 0 radical (unpaired) electrons. The van der Waals surface area contributed by atoms with Gasteiger partial charge in [-0.2, -0.15) is 0 Å². The Balaban J connectivity index is 2.45. The molecule has 0 saturated heterocycles. The van der Waals surface area contributed by atoms with Crippen molar-refractivity contribution >= 4 is 11.6 Å². The van der Waals surface area contributed by atoms with Gasteiger partial charge in [0.05, 0.1) is 17.7 Å². The minimum absolute atomic E-state index is 0.186. The molecule has 0 amide bonds. The molecule has 1 aromatic carbocycles. The molecule has 0 heterocycles. The fourth-order valence-electron chi connectivity index (χ4n) is 1.41. The van der Waals surface area contributed by atoms with Crippen LogP contribution in [0.25, 0.3) is 0 Å². The fourth-order valence-corrected chi connectivity index (χ4v) is 1.60. The lowest BCUT2D eigenvalue weighted by molar-refractivity contribution is 0.137. The fraction of sp³-hybridized carbons (Fsp3) is 0.500. The molecule has 1 aromatic rings. The second kappa shape index (κ2) is 7.49. The van der Waals surface area contributed by atoms with Crippen molar-refractivity contribution in [2.24, 2.45) is 0 Å². The van der Waals surface area contributed by atoms with Crippen LogP contribution in [0.4, 0.5) is 0 Å². The van der Waals surface area contributed by atoms with Gasteiger partial charge in [0.15, 0.2) is 0 Å². The predicted molar refractivity (Wildman–Crippen MR) is 66.3 cm³/mol. The third kappa shape index (κ3) is 4.39. The van der Waals surface area contributed by atoms with Crippen LogP contribution in [0.2, 0.25) is 5.02 Å². The van der Waals surface area contributed by atoms with Gasteiger partial charge in [-0.15, -0.1) is 0 Å². The Bertz CT molecular complexity index is 301. The van der Waals surface area contributed by atoms with Crippen LogP contribution in [0.3, 0.4) is 0 Å². The van der Waals surface area contributed by atoms with Crippen LogP contribution in [0.15, 0.2) is 24.3 Å². The number of hydrogen-bond donors (Lipinski definition) is 1. The van der Waals surface area contributed by atoms with Gasteiger partial charge in [-0.3, -0.25) is 0 Å². The SMILES string of the molecule is CCNC(COC)COc1ccccc1Cl. The number of halogens is 1. The summed E-state index contributed by atoms with van der Waals surface area (Å²) < 4.78 is 10.7. The summed E-state index contributed by atoms with van der Waals surface area (Å²) in [4.78, 5) is 0. The number of rotatable bonds is 7. The molecule has 3 nitrogen and oxygen atoms in total. The van der Waals surface area contributed by atoms with E-state index in [0.717, 1.165) is 6.54 Å². The van der Waals surface area contributed by atoms with Crippen molar-refractivity contribution in [2.75, 3.05) is 26.9 Å². The molecule has 0 aromatic heterocycles. The smallest absolute Gasteiger partial charge is 0.137 e. The van der Waals surface area contributed by atoms with Gasteiger partial charge in [0.1, 0.15) is 12.4 Å². The summed E-state index contributed by atoms with van der Waals surface area (Å²) >= 11 is 5.99. The van der Waals surface area contributed by atoms with Crippen molar-refractivity contribution in [3.8, 4) is 5.75 Å². The summed E-state index contributed by atoms with van der Waals surface area (Å²) in [6, 6.07) is 7.64. The van der Waals surface area contributed by atoms with Crippen molar-refractivity contribution < 1.29 is 9.47 Å². The normalized spacial score (nSPS) is 12.4. The van der Waals surface area contributed by atoms with Crippen LogP contribution in [0.1, 0.15) is 6.92 Å². The summed E-state index contributed by atoms with van der Waals surface area (Å²) in [5, 5.41) is 3.91. The van der Waals surface area contributed by atoms with Crippen LogP contribution < -0.4 is 10.1 Å². The molecule has 4 heteroatoms. The van der Waals surface area contributed by atoms with Gasteiger partial charge in [0.2, 0.25) is 0 Å². The quantitative estimate of drug-likeness (QED) is 0.798. The van der Waals surface area contributed by atoms with E-state index in [2.05, 4.69) is 12.2 Å². The number of nitrogens with one attached hydrogen (secondary N) is 1. The van der Waals surface area contributed by atoms with E-state index in [9.17, 15) is 0 Å². The lowest BCUT2D eigenvalue weighted by Gasteiger charge is -2.17. The summed E-state index contributed by atoms with van der Waals surface area (Å²) in [6.45, 7) is 4.11. The average Bonchev–Trinajstić information content (AvgIpc) is 2.28. The van der Waals surface area contributed by atoms with Crippen LogP contribution in [-0.4, -0.2) is 32.9 Å². The van der Waals surface area contributed by atoms with Crippen molar-refractivity contribution in [1.29, 1.82) is 0 Å². The maximum Gasteiger partial charge on any atom is 0.137 e. The zero-order valence-corrected chi connectivity index (χ0v) is 10.5. The lowest BCUT2D eigenvalue weighted by atomic mass is 10.3. The van der Waals surface area contributed by atoms with Crippen LogP contribution in [0, 0.1) is 0 Å². The molecule has 1 rings (SSSR count). The first-order valence-corrected chi connectivity index (χ1v) is 5.75. The second-order valence-electron chi connectivity index (χ2n) is 3.45. The van der Waals surface area contributed by atoms with Gasteiger partial charge in [-0.05, 0) is 18.7 Å². The Hall–Kier alpha value is -0.770. The number of methoxy groups -OCH3 is 1. The molecule has 0 aliphatic rings. The number of para-hydroxylation sites is 1. The van der Waals surface area contributed by atoms with E-state index in [0.29, 0.717) is 24.0 Å². The highest BCUT2D eigenvalue weighted by Gasteiger charge is 2.08. The van der Waals surface area contributed by atoms with Gasteiger partial charge < -0.3 is 14.8 Å². The maximum absolute atomic E-state index is 5.99. The van der Waals surface area contributed by atoms with E-state index in [4.69, 9.17) is 21.1 Å². The van der Waals surface area contributed by atoms with Crippen LogP contribution in [-0.2, 0) is 4.74 Å². The molecular weight excluding hydrogens is 226 g/mol. The molecule has 90 valence electrons. The largest absolute Gasteiger partial charge is 0.490 e. The van der Waals surface area contributed by atoms with E-state index in [1.54, 1.807) is 7.11 Å². The number of benzene rings is 1. The number of likely N-dealkylation sites (N-methyl/N-ethyl adjacent to an activating group) is 1. The highest BCUT2D eigenvalue weighted by molar-refractivity contribution is 6.32. The van der Waals surface area contributed by atoms with E-state index >= 15 is 0 Å². The van der Waals surface area contributed by atoms with Crippen LogP contribution >= 0.6 is 11.6 Å². The molecule has 0 aliphatic heterocycles. The van der Waals surface area contributed by atoms with E-state index in [-0.39, 0.29) is 6.04 Å². The Morgan fingerprint density at radius 3 is 2.69 bits per heavy atom. The molecular formula is C12H18ClNO2. The Labute approximate surface area is 102 Å². The standard InChI is InChI=1S/C12H18ClNO2/c1-3-14-10(8-15-2)9-16-12-7-5-4-6-11(12)13/h4-7,10,14H,3,8-9H2,1-2H3. The van der Waals surface area contributed by atoms with E-state index in [1.807, 2.05) is 24.3 Å². The first-order valence-electron chi connectivity index (χ1n) is 5.37. The van der Waals surface area contributed by atoms with Crippen molar-refractivity contribution in [3.63, 3.8) is 0 Å². The third-order valence-electron chi connectivity index (χ3n) is 2.14. The first kappa shape index (κ1) is 13.3. The van der Waals surface area contributed by atoms with E-state index in [1.165, 1.54) is 0 Å². The minimum atomic E-state index is 0.186. The third-order valence-corrected chi connectivity index (χ3v) is 2.45. The molecule has 16 heavy (non-hydrogen) atoms. The molecule has 0 bridgehead atoms. The van der Waals surface area contributed by atoms with Crippen molar-refractivity contribution in [3.05, 3.63) is 29.3 Å². The molecule has 1 N–H and O–H groups in total. The minimum Gasteiger partial charge on any atom is -0.490 e. The van der Waals surface area contributed by atoms with Gasteiger partial charge in [0.25, 0.3) is 0 Å². The summed E-state index contributed by atoms with van der Waals surface area (Å²) in [5.41, 5.74) is 0.